The zero-order chi connectivity index (χ0) is 17.4. The number of esters is 1. The van der Waals surface area contributed by atoms with E-state index in [2.05, 4.69) is 26.1 Å². The summed E-state index contributed by atoms with van der Waals surface area (Å²) in [5.41, 5.74) is -0.100. The van der Waals surface area contributed by atoms with Crippen LogP contribution in [-0.4, -0.2) is 31.8 Å². The van der Waals surface area contributed by atoms with Crippen LogP contribution in [0.3, 0.4) is 0 Å². The van der Waals surface area contributed by atoms with Gasteiger partial charge in [-0.1, -0.05) is 48.5 Å². The third-order valence-corrected chi connectivity index (χ3v) is 3.20. The highest BCUT2D eigenvalue weighted by Gasteiger charge is 2.35. The lowest BCUT2D eigenvalue weighted by Gasteiger charge is -2.33. The summed E-state index contributed by atoms with van der Waals surface area (Å²) in [6.45, 7) is 15.2. The van der Waals surface area contributed by atoms with Crippen molar-refractivity contribution in [2.45, 2.75) is 61.3 Å². The topological polar surface area (TPSA) is 64.6 Å². The van der Waals surface area contributed by atoms with E-state index in [4.69, 9.17) is 9.47 Å². The Kier molecular flexibility index (Phi) is 8.49. The lowest BCUT2D eigenvalue weighted by molar-refractivity contribution is -0.153. The first-order chi connectivity index (χ1) is 9.97. The summed E-state index contributed by atoms with van der Waals surface area (Å²) in [5.74, 6) is -0.370. The minimum Gasteiger partial charge on any atom is -0.464 e. The van der Waals surface area contributed by atoms with E-state index in [1.54, 1.807) is 0 Å². The fraction of sp³-hybridized carbons (Fsp3) is 0.882. The summed E-state index contributed by atoms with van der Waals surface area (Å²) < 4.78 is 10.2. The summed E-state index contributed by atoms with van der Waals surface area (Å²) in [6, 6.07) is 0. The summed E-state index contributed by atoms with van der Waals surface area (Å²) >= 11 is 0. The maximum Gasteiger partial charge on any atom is 0.407 e. The Bertz CT molecular complexity index is 353. The van der Waals surface area contributed by atoms with Gasteiger partial charge in [0.1, 0.15) is 6.61 Å². The van der Waals surface area contributed by atoms with Crippen LogP contribution in [-0.2, 0) is 14.3 Å². The molecule has 0 radical (unpaired) electrons. The van der Waals surface area contributed by atoms with Crippen LogP contribution < -0.4 is 5.32 Å². The van der Waals surface area contributed by atoms with Crippen molar-refractivity contribution in [2.75, 3.05) is 19.8 Å². The smallest absolute Gasteiger partial charge is 0.407 e. The second-order valence-electron chi connectivity index (χ2n) is 7.91. The largest absolute Gasteiger partial charge is 0.464 e. The number of amides is 1. The van der Waals surface area contributed by atoms with E-state index >= 15 is 0 Å². The highest BCUT2D eigenvalue weighted by Crippen LogP contribution is 2.36. The first-order valence-electron chi connectivity index (χ1n) is 8.04. The molecule has 0 bridgehead atoms. The Labute approximate surface area is 135 Å². The second-order valence-corrected chi connectivity index (χ2v) is 7.91. The van der Waals surface area contributed by atoms with Crippen LogP contribution in [0.1, 0.15) is 61.3 Å². The van der Waals surface area contributed by atoms with Crippen LogP contribution in [0, 0.1) is 16.7 Å². The average Bonchev–Trinajstić information content (AvgIpc) is 2.36. The van der Waals surface area contributed by atoms with Crippen LogP contribution in [0.2, 0.25) is 0 Å². The Hall–Kier alpha value is -1.26. The minimum absolute atomic E-state index is 0.0547. The lowest BCUT2D eigenvalue weighted by Crippen LogP contribution is -2.35. The van der Waals surface area contributed by atoms with Gasteiger partial charge in [0.25, 0.3) is 0 Å². The molecule has 1 atom stereocenters. The van der Waals surface area contributed by atoms with Crippen LogP contribution in [0.15, 0.2) is 0 Å². The molecule has 0 heterocycles. The molecular formula is C17H33NO4. The van der Waals surface area contributed by atoms with Crippen molar-refractivity contribution in [1.29, 1.82) is 0 Å². The van der Waals surface area contributed by atoms with Gasteiger partial charge in [-0.25, -0.2) is 4.79 Å². The zero-order valence-corrected chi connectivity index (χ0v) is 15.2. The van der Waals surface area contributed by atoms with E-state index < -0.39 is 6.09 Å². The number of carbonyl (C=O) groups is 2. The van der Waals surface area contributed by atoms with Crippen molar-refractivity contribution in [2.24, 2.45) is 16.7 Å². The van der Waals surface area contributed by atoms with Gasteiger partial charge in [0.2, 0.25) is 0 Å². The van der Waals surface area contributed by atoms with Gasteiger partial charge in [-0.05, 0) is 23.7 Å². The standard InChI is InChI=1S/C17H33NO4/c1-8-10-22-15(20)18-9-11-21-14(19)13(17(5,6)7)12-16(2,3)4/h13H,8-12H2,1-7H3,(H,18,20). The van der Waals surface area contributed by atoms with Crippen LogP contribution in [0.4, 0.5) is 4.79 Å². The number of alkyl carbamates (subject to hydrolysis) is 1. The fourth-order valence-electron chi connectivity index (χ4n) is 2.01. The van der Waals surface area contributed by atoms with E-state index in [0.29, 0.717) is 6.61 Å². The fourth-order valence-corrected chi connectivity index (χ4v) is 2.01. The first-order valence-corrected chi connectivity index (χ1v) is 8.04. The molecule has 130 valence electrons. The van der Waals surface area contributed by atoms with Gasteiger partial charge in [-0.2, -0.15) is 0 Å². The van der Waals surface area contributed by atoms with Crippen LogP contribution >= 0.6 is 0 Å². The third kappa shape index (κ3) is 9.64. The number of rotatable bonds is 7. The van der Waals surface area contributed by atoms with Crippen molar-refractivity contribution in [3.63, 3.8) is 0 Å². The highest BCUT2D eigenvalue weighted by atomic mass is 16.6. The van der Waals surface area contributed by atoms with Crippen molar-refractivity contribution in [3.8, 4) is 0 Å². The van der Waals surface area contributed by atoms with E-state index in [1.807, 2.05) is 27.7 Å². The predicted octanol–water partition coefficient (Wildman–Crippen LogP) is 3.76. The lowest BCUT2D eigenvalue weighted by atomic mass is 9.72. The highest BCUT2D eigenvalue weighted by molar-refractivity contribution is 5.73. The van der Waals surface area contributed by atoms with Gasteiger partial charge in [0.15, 0.2) is 0 Å². The maximum absolute atomic E-state index is 12.3. The minimum atomic E-state index is -0.472. The third-order valence-electron chi connectivity index (χ3n) is 3.20. The molecule has 0 spiro atoms. The molecule has 0 saturated carbocycles. The summed E-state index contributed by atoms with van der Waals surface area (Å²) in [4.78, 5) is 23.6. The zero-order valence-electron chi connectivity index (χ0n) is 15.2. The first kappa shape index (κ1) is 20.7. The van der Waals surface area contributed by atoms with Crippen LogP contribution in [0.25, 0.3) is 0 Å². The van der Waals surface area contributed by atoms with E-state index in [-0.39, 0.29) is 35.9 Å². The number of ether oxygens (including phenoxy) is 2. The van der Waals surface area contributed by atoms with Gasteiger partial charge < -0.3 is 14.8 Å². The SMILES string of the molecule is CCCOC(=O)NCCOC(=O)C(CC(C)(C)C)C(C)(C)C. The number of carbonyl (C=O) groups excluding carboxylic acids is 2. The van der Waals surface area contributed by atoms with Crippen LogP contribution in [0.5, 0.6) is 0 Å². The van der Waals surface area contributed by atoms with E-state index in [0.717, 1.165) is 12.8 Å². The Morgan fingerprint density at radius 3 is 2.05 bits per heavy atom. The molecule has 0 aliphatic heterocycles. The molecule has 1 amide bonds. The Morgan fingerprint density at radius 2 is 1.59 bits per heavy atom. The molecule has 1 unspecified atom stereocenters. The summed E-state index contributed by atoms with van der Waals surface area (Å²) in [5, 5.41) is 2.56. The number of hydrogen-bond donors (Lipinski definition) is 1. The molecule has 5 nitrogen and oxygen atoms in total. The predicted molar refractivity (Wildman–Crippen MR) is 87.6 cm³/mol. The monoisotopic (exact) mass is 315 g/mol. The Balaban J connectivity index is 4.28. The van der Waals surface area contributed by atoms with Gasteiger partial charge in [-0.3, -0.25) is 4.79 Å². The molecule has 0 saturated heterocycles. The molecule has 0 aromatic rings. The molecule has 1 N–H and O–H groups in total. The molecular weight excluding hydrogens is 282 g/mol. The molecule has 0 aromatic carbocycles. The maximum atomic E-state index is 12.3. The molecule has 0 rings (SSSR count). The summed E-state index contributed by atoms with van der Waals surface area (Å²) in [7, 11) is 0. The quantitative estimate of drug-likeness (QED) is 0.574. The van der Waals surface area contributed by atoms with Gasteiger partial charge in [-0.15, -0.1) is 0 Å². The molecule has 0 aliphatic carbocycles. The van der Waals surface area contributed by atoms with Gasteiger partial charge >= 0.3 is 12.1 Å². The average molecular weight is 315 g/mol. The van der Waals surface area contributed by atoms with Crippen molar-refractivity contribution in [3.05, 3.63) is 0 Å². The number of hydrogen-bond acceptors (Lipinski definition) is 4. The van der Waals surface area contributed by atoms with E-state index in [1.165, 1.54) is 0 Å². The molecule has 0 fully saturated rings. The van der Waals surface area contributed by atoms with Crippen molar-refractivity contribution in [1.82, 2.24) is 5.32 Å². The summed E-state index contributed by atoms with van der Waals surface area (Å²) in [6.07, 6.45) is 1.07. The van der Waals surface area contributed by atoms with Crippen molar-refractivity contribution >= 4 is 12.1 Å². The second kappa shape index (κ2) is 9.01. The normalized spacial score (nSPS) is 13.4. The molecule has 0 aromatic heterocycles. The number of nitrogens with one attached hydrogen (secondary N) is 1. The van der Waals surface area contributed by atoms with Crippen molar-refractivity contribution < 1.29 is 19.1 Å². The molecule has 0 aliphatic rings. The van der Waals surface area contributed by atoms with Gasteiger partial charge in [0, 0.05) is 0 Å². The van der Waals surface area contributed by atoms with Gasteiger partial charge in [0.05, 0.1) is 19.1 Å². The van der Waals surface area contributed by atoms with E-state index in [9.17, 15) is 9.59 Å². The molecule has 5 heteroatoms. The molecule has 22 heavy (non-hydrogen) atoms. The Morgan fingerprint density at radius 1 is 1.00 bits per heavy atom.